The molecule has 0 spiro atoms. The van der Waals surface area contributed by atoms with Crippen molar-refractivity contribution in [1.29, 1.82) is 0 Å². The Kier molecular flexibility index (Phi) is 4.33. The minimum atomic E-state index is -3.58. The quantitative estimate of drug-likeness (QED) is 0.853. The van der Waals surface area contributed by atoms with Crippen LogP contribution in [0, 0.1) is 11.8 Å². The molecule has 112 valence electrons. The summed E-state index contributed by atoms with van der Waals surface area (Å²) < 4.78 is 27.2. The van der Waals surface area contributed by atoms with Crippen molar-refractivity contribution in [3.05, 3.63) is 23.2 Å². The molecule has 1 heterocycles. The molecule has 1 aliphatic rings. The molecule has 4 nitrogen and oxygen atoms in total. The highest BCUT2D eigenvalue weighted by atomic mass is 35.5. The second-order valence-corrected chi connectivity index (χ2v) is 8.09. The van der Waals surface area contributed by atoms with Crippen LogP contribution in [0.4, 0.5) is 5.69 Å². The molecular formula is C14H21ClN2O2S. The van der Waals surface area contributed by atoms with E-state index in [-0.39, 0.29) is 16.0 Å². The third-order valence-corrected chi connectivity index (χ3v) is 6.52. The number of rotatable bonds is 2. The van der Waals surface area contributed by atoms with E-state index < -0.39 is 10.0 Å². The van der Waals surface area contributed by atoms with Gasteiger partial charge in [-0.25, -0.2) is 8.42 Å². The summed E-state index contributed by atoms with van der Waals surface area (Å²) in [5, 5.41) is 0.183. The predicted octanol–water partition coefficient (Wildman–Crippen LogP) is 2.98. The van der Waals surface area contributed by atoms with Gasteiger partial charge in [0.05, 0.1) is 5.02 Å². The number of hydrogen-bond acceptors (Lipinski definition) is 3. The minimum Gasteiger partial charge on any atom is -0.399 e. The summed E-state index contributed by atoms with van der Waals surface area (Å²) >= 11 is 6.07. The minimum absolute atomic E-state index is 0.0233. The highest BCUT2D eigenvalue weighted by molar-refractivity contribution is 7.89. The summed E-state index contributed by atoms with van der Waals surface area (Å²) in [5.74, 6) is 0.685. The summed E-state index contributed by atoms with van der Waals surface area (Å²) in [7, 11) is -3.58. The van der Waals surface area contributed by atoms with Crippen LogP contribution in [0.15, 0.2) is 23.1 Å². The molecule has 1 aromatic carbocycles. The van der Waals surface area contributed by atoms with Gasteiger partial charge in [-0.05, 0) is 43.4 Å². The molecule has 3 atom stereocenters. The van der Waals surface area contributed by atoms with Crippen molar-refractivity contribution < 1.29 is 8.42 Å². The van der Waals surface area contributed by atoms with Gasteiger partial charge in [-0.3, -0.25) is 0 Å². The van der Waals surface area contributed by atoms with E-state index in [1.165, 1.54) is 12.1 Å². The van der Waals surface area contributed by atoms with Crippen molar-refractivity contribution in [3.8, 4) is 0 Å². The summed E-state index contributed by atoms with van der Waals surface area (Å²) in [5.41, 5.74) is 6.09. The standard InChI is InChI=1S/C14H21ClN2O2S/c1-9-6-10(2)11(3)17(8-9)20(18,19)14-5-4-12(16)7-13(14)15/h4-5,7,9-11H,6,8,16H2,1-3H3. The topological polar surface area (TPSA) is 63.4 Å². The van der Waals surface area contributed by atoms with E-state index in [4.69, 9.17) is 17.3 Å². The Labute approximate surface area is 126 Å². The maximum absolute atomic E-state index is 12.8. The third-order valence-electron chi connectivity index (χ3n) is 4.09. The molecule has 0 bridgehead atoms. The zero-order valence-corrected chi connectivity index (χ0v) is 13.6. The first-order valence-electron chi connectivity index (χ1n) is 6.80. The molecule has 1 fully saturated rings. The highest BCUT2D eigenvalue weighted by Gasteiger charge is 2.37. The number of halogens is 1. The number of nitrogens with zero attached hydrogens (tertiary/aromatic N) is 1. The van der Waals surface area contributed by atoms with E-state index in [0.717, 1.165) is 6.42 Å². The van der Waals surface area contributed by atoms with Crippen LogP contribution in [0.5, 0.6) is 0 Å². The van der Waals surface area contributed by atoms with Crippen LogP contribution < -0.4 is 5.73 Å². The van der Waals surface area contributed by atoms with E-state index >= 15 is 0 Å². The fraction of sp³-hybridized carbons (Fsp3) is 0.571. The van der Waals surface area contributed by atoms with Gasteiger partial charge in [0.1, 0.15) is 4.90 Å². The van der Waals surface area contributed by atoms with Crippen LogP contribution in [0.3, 0.4) is 0 Å². The molecule has 0 amide bonds. The lowest BCUT2D eigenvalue weighted by Gasteiger charge is -2.40. The molecule has 2 N–H and O–H groups in total. The number of nitrogens with two attached hydrogens (primary N) is 1. The summed E-state index contributed by atoms with van der Waals surface area (Å²) in [6.07, 6.45) is 1.04. The van der Waals surface area contributed by atoms with E-state index in [2.05, 4.69) is 13.8 Å². The molecule has 1 saturated heterocycles. The van der Waals surface area contributed by atoms with Crippen LogP contribution in [-0.2, 0) is 10.0 Å². The van der Waals surface area contributed by atoms with E-state index in [1.807, 2.05) is 6.92 Å². The van der Waals surface area contributed by atoms with Crippen molar-refractivity contribution in [2.45, 2.75) is 38.1 Å². The van der Waals surface area contributed by atoms with Gasteiger partial charge in [-0.15, -0.1) is 0 Å². The van der Waals surface area contributed by atoms with Crippen LogP contribution in [0.1, 0.15) is 27.2 Å². The Bertz CT molecular complexity index is 603. The number of hydrogen-bond donors (Lipinski definition) is 1. The Morgan fingerprint density at radius 1 is 1.30 bits per heavy atom. The molecule has 0 aliphatic carbocycles. The van der Waals surface area contributed by atoms with Crippen LogP contribution in [0.25, 0.3) is 0 Å². The Hall–Kier alpha value is -0.780. The van der Waals surface area contributed by atoms with Crippen molar-refractivity contribution in [3.63, 3.8) is 0 Å². The predicted molar refractivity (Wildman–Crippen MR) is 82.2 cm³/mol. The second-order valence-electron chi connectivity index (χ2n) is 5.82. The Balaban J connectivity index is 2.43. The van der Waals surface area contributed by atoms with Gasteiger partial charge in [-0.2, -0.15) is 4.31 Å². The summed E-state index contributed by atoms with van der Waals surface area (Å²) in [4.78, 5) is 0.140. The summed E-state index contributed by atoms with van der Waals surface area (Å²) in [6, 6.07) is 4.52. The first kappa shape index (κ1) is 15.6. The maximum Gasteiger partial charge on any atom is 0.244 e. The van der Waals surface area contributed by atoms with Gasteiger partial charge in [0.2, 0.25) is 10.0 Å². The monoisotopic (exact) mass is 316 g/mol. The van der Waals surface area contributed by atoms with Gasteiger partial charge in [0, 0.05) is 18.3 Å². The lowest BCUT2D eigenvalue weighted by Crippen LogP contribution is -2.48. The smallest absolute Gasteiger partial charge is 0.244 e. The zero-order valence-electron chi connectivity index (χ0n) is 12.0. The van der Waals surface area contributed by atoms with Crippen molar-refractivity contribution in [1.82, 2.24) is 4.31 Å². The van der Waals surface area contributed by atoms with Gasteiger partial charge in [0.15, 0.2) is 0 Å². The Morgan fingerprint density at radius 2 is 1.95 bits per heavy atom. The van der Waals surface area contributed by atoms with E-state index in [1.54, 1.807) is 10.4 Å². The molecule has 1 aliphatic heterocycles. The largest absolute Gasteiger partial charge is 0.399 e. The molecule has 0 radical (unpaired) electrons. The number of anilines is 1. The fourth-order valence-electron chi connectivity index (χ4n) is 2.83. The van der Waals surface area contributed by atoms with Crippen LogP contribution >= 0.6 is 11.6 Å². The first-order valence-corrected chi connectivity index (χ1v) is 8.62. The second kappa shape index (κ2) is 5.54. The number of piperidine rings is 1. The van der Waals surface area contributed by atoms with Gasteiger partial charge in [-0.1, -0.05) is 25.4 Å². The Morgan fingerprint density at radius 3 is 2.55 bits per heavy atom. The lowest BCUT2D eigenvalue weighted by atomic mass is 9.88. The molecule has 0 aromatic heterocycles. The van der Waals surface area contributed by atoms with E-state index in [0.29, 0.717) is 24.1 Å². The maximum atomic E-state index is 12.8. The highest BCUT2D eigenvalue weighted by Crippen LogP contribution is 2.34. The first-order chi connectivity index (χ1) is 9.23. The number of sulfonamides is 1. The zero-order chi connectivity index (χ0) is 15.1. The van der Waals surface area contributed by atoms with Crippen molar-refractivity contribution in [2.75, 3.05) is 12.3 Å². The average molecular weight is 317 g/mol. The molecule has 0 saturated carbocycles. The molecular weight excluding hydrogens is 296 g/mol. The number of nitrogen functional groups attached to an aromatic ring is 1. The van der Waals surface area contributed by atoms with Gasteiger partial charge in [0.25, 0.3) is 0 Å². The van der Waals surface area contributed by atoms with Crippen LogP contribution in [0.2, 0.25) is 5.02 Å². The normalized spacial score (nSPS) is 28.5. The fourth-order valence-corrected chi connectivity index (χ4v) is 5.21. The van der Waals surface area contributed by atoms with Crippen LogP contribution in [-0.4, -0.2) is 25.3 Å². The number of benzene rings is 1. The molecule has 20 heavy (non-hydrogen) atoms. The molecule has 6 heteroatoms. The van der Waals surface area contributed by atoms with Gasteiger partial charge < -0.3 is 5.73 Å². The SMILES string of the molecule is CC1CC(C)C(C)N(S(=O)(=O)c2ccc(N)cc2Cl)C1. The van der Waals surface area contributed by atoms with Gasteiger partial charge >= 0.3 is 0 Å². The molecule has 2 rings (SSSR count). The van der Waals surface area contributed by atoms with Crippen molar-refractivity contribution >= 4 is 27.3 Å². The third kappa shape index (κ3) is 2.80. The summed E-state index contributed by atoms with van der Waals surface area (Å²) in [6.45, 7) is 6.66. The van der Waals surface area contributed by atoms with E-state index in [9.17, 15) is 8.42 Å². The average Bonchev–Trinajstić information content (AvgIpc) is 2.33. The molecule has 3 unspecified atom stereocenters. The lowest BCUT2D eigenvalue weighted by molar-refractivity contribution is 0.157. The molecule has 1 aromatic rings. The van der Waals surface area contributed by atoms with Crippen molar-refractivity contribution in [2.24, 2.45) is 11.8 Å².